The molecule has 5 nitrogen and oxygen atoms in total. The molecule has 5 heteroatoms. The molecule has 1 atom stereocenters. The van der Waals surface area contributed by atoms with Crippen molar-refractivity contribution in [3.05, 3.63) is 30.3 Å². The Balaban J connectivity index is 1.76. The number of hydrogen-bond donors (Lipinski definition) is 2. The largest absolute Gasteiger partial charge is 0.484 e. The first-order chi connectivity index (χ1) is 8.75. The number of hydrogen-bond acceptors (Lipinski definition) is 3. The maximum atomic E-state index is 11.6. The number of rotatable bonds is 4. The van der Waals surface area contributed by atoms with E-state index in [1.807, 2.05) is 18.2 Å². The van der Waals surface area contributed by atoms with Gasteiger partial charge in [0, 0.05) is 6.54 Å². The molecule has 1 heterocycles. The van der Waals surface area contributed by atoms with Crippen molar-refractivity contribution in [2.75, 3.05) is 13.2 Å². The van der Waals surface area contributed by atoms with Gasteiger partial charge in [-0.3, -0.25) is 9.59 Å². The zero-order valence-electron chi connectivity index (χ0n) is 10.0. The molecule has 1 fully saturated rings. The Bertz CT molecular complexity index is 420. The van der Waals surface area contributed by atoms with Gasteiger partial charge in [-0.05, 0) is 25.0 Å². The number of carbonyl (C=O) groups excluding carboxylic acids is 2. The zero-order valence-corrected chi connectivity index (χ0v) is 10.0. The molecule has 1 aliphatic rings. The fraction of sp³-hybridized carbons (Fsp3) is 0.385. The number of para-hydroxylation sites is 1. The number of piperidine rings is 1. The number of nitrogens with one attached hydrogen (secondary N) is 2. The highest BCUT2D eigenvalue weighted by atomic mass is 16.5. The third kappa shape index (κ3) is 3.48. The predicted octanol–water partition coefficient (Wildman–Crippen LogP) is 0.460. The average Bonchev–Trinajstić information content (AvgIpc) is 2.40. The fourth-order valence-electron chi connectivity index (χ4n) is 1.81. The van der Waals surface area contributed by atoms with E-state index in [-0.39, 0.29) is 18.4 Å². The minimum absolute atomic E-state index is 0.0756. The lowest BCUT2D eigenvalue weighted by Gasteiger charge is -2.22. The van der Waals surface area contributed by atoms with Crippen LogP contribution in [-0.4, -0.2) is 31.0 Å². The summed E-state index contributed by atoms with van der Waals surface area (Å²) in [6.07, 6.45) is 1.57. The van der Waals surface area contributed by atoms with Gasteiger partial charge < -0.3 is 15.4 Å². The summed E-state index contributed by atoms with van der Waals surface area (Å²) in [6, 6.07) is 8.68. The van der Waals surface area contributed by atoms with Crippen LogP contribution in [0.2, 0.25) is 0 Å². The molecule has 1 aromatic rings. The molecule has 96 valence electrons. The third-order valence-electron chi connectivity index (χ3n) is 2.73. The number of amides is 2. The SMILES string of the molecule is O=C(COc1ccccc1)N[C@H]1CCCNC1=O. The van der Waals surface area contributed by atoms with Gasteiger partial charge in [-0.25, -0.2) is 0 Å². The number of benzene rings is 1. The normalized spacial score (nSPS) is 18.9. The highest BCUT2D eigenvalue weighted by Crippen LogP contribution is 2.08. The molecule has 18 heavy (non-hydrogen) atoms. The molecule has 0 aromatic heterocycles. The zero-order chi connectivity index (χ0) is 12.8. The van der Waals surface area contributed by atoms with Crippen LogP contribution < -0.4 is 15.4 Å². The first-order valence-corrected chi connectivity index (χ1v) is 6.00. The Kier molecular flexibility index (Phi) is 4.17. The van der Waals surface area contributed by atoms with Crippen LogP contribution in [0.25, 0.3) is 0 Å². The van der Waals surface area contributed by atoms with Crippen molar-refractivity contribution in [2.24, 2.45) is 0 Å². The average molecular weight is 248 g/mol. The van der Waals surface area contributed by atoms with Gasteiger partial charge in [0.1, 0.15) is 11.8 Å². The molecular weight excluding hydrogens is 232 g/mol. The summed E-state index contributed by atoms with van der Waals surface area (Å²) < 4.78 is 5.30. The second-order valence-corrected chi connectivity index (χ2v) is 4.16. The lowest BCUT2D eigenvalue weighted by molar-refractivity contribution is -0.131. The molecule has 1 aliphatic heterocycles. The predicted molar refractivity (Wildman–Crippen MR) is 66.1 cm³/mol. The van der Waals surface area contributed by atoms with E-state index in [1.54, 1.807) is 12.1 Å². The smallest absolute Gasteiger partial charge is 0.258 e. The van der Waals surface area contributed by atoms with Crippen LogP contribution in [0.5, 0.6) is 5.75 Å². The summed E-state index contributed by atoms with van der Waals surface area (Å²) in [5.41, 5.74) is 0. The van der Waals surface area contributed by atoms with Gasteiger partial charge in [-0.15, -0.1) is 0 Å². The van der Waals surface area contributed by atoms with Crippen molar-refractivity contribution in [2.45, 2.75) is 18.9 Å². The molecule has 0 saturated carbocycles. The quantitative estimate of drug-likeness (QED) is 0.813. The Morgan fingerprint density at radius 1 is 1.39 bits per heavy atom. The number of carbonyl (C=O) groups is 2. The van der Waals surface area contributed by atoms with E-state index in [0.717, 1.165) is 6.42 Å². The van der Waals surface area contributed by atoms with Crippen molar-refractivity contribution in [1.82, 2.24) is 10.6 Å². The van der Waals surface area contributed by atoms with Crippen LogP contribution in [-0.2, 0) is 9.59 Å². The topological polar surface area (TPSA) is 67.4 Å². The highest BCUT2D eigenvalue weighted by Gasteiger charge is 2.23. The van der Waals surface area contributed by atoms with Crippen LogP contribution in [0.15, 0.2) is 30.3 Å². The molecule has 0 bridgehead atoms. The molecular formula is C13H16N2O3. The van der Waals surface area contributed by atoms with Crippen molar-refractivity contribution >= 4 is 11.8 Å². The fourth-order valence-corrected chi connectivity index (χ4v) is 1.81. The molecule has 1 aromatic carbocycles. The minimum Gasteiger partial charge on any atom is -0.484 e. The summed E-state index contributed by atoms with van der Waals surface area (Å²) in [5, 5.41) is 5.38. The molecule has 0 spiro atoms. The van der Waals surface area contributed by atoms with Crippen molar-refractivity contribution in [3.63, 3.8) is 0 Å². The van der Waals surface area contributed by atoms with Crippen LogP contribution in [0, 0.1) is 0 Å². The summed E-state index contributed by atoms with van der Waals surface area (Å²) in [4.78, 5) is 23.1. The van der Waals surface area contributed by atoms with E-state index in [2.05, 4.69) is 10.6 Å². The summed E-state index contributed by atoms with van der Waals surface area (Å²) in [5.74, 6) is 0.246. The standard InChI is InChI=1S/C13H16N2O3/c16-12(9-18-10-5-2-1-3-6-10)15-11-7-4-8-14-13(11)17/h1-3,5-6,11H,4,7-9H2,(H,14,17)(H,15,16)/t11-/m0/s1. The summed E-state index contributed by atoms with van der Waals surface area (Å²) in [6.45, 7) is 0.611. The van der Waals surface area contributed by atoms with Gasteiger partial charge in [-0.2, -0.15) is 0 Å². The number of ether oxygens (including phenoxy) is 1. The van der Waals surface area contributed by atoms with E-state index in [9.17, 15) is 9.59 Å². The maximum absolute atomic E-state index is 11.6. The van der Waals surface area contributed by atoms with Gasteiger partial charge >= 0.3 is 0 Å². The first kappa shape index (κ1) is 12.4. The van der Waals surface area contributed by atoms with E-state index >= 15 is 0 Å². The van der Waals surface area contributed by atoms with Crippen molar-refractivity contribution in [1.29, 1.82) is 0 Å². The van der Waals surface area contributed by atoms with Crippen LogP contribution in [0.3, 0.4) is 0 Å². The van der Waals surface area contributed by atoms with E-state index in [1.165, 1.54) is 0 Å². The van der Waals surface area contributed by atoms with Gasteiger partial charge in [0.15, 0.2) is 6.61 Å². The lowest BCUT2D eigenvalue weighted by atomic mass is 10.1. The van der Waals surface area contributed by atoms with Crippen molar-refractivity contribution < 1.29 is 14.3 Å². The van der Waals surface area contributed by atoms with E-state index < -0.39 is 6.04 Å². The van der Waals surface area contributed by atoms with E-state index in [4.69, 9.17) is 4.74 Å². The minimum atomic E-state index is -0.425. The molecule has 1 saturated heterocycles. The molecule has 2 rings (SSSR count). The van der Waals surface area contributed by atoms with Crippen LogP contribution in [0.4, 0.5) is 0 Å². The monoisotopic (exact) mass is 248 g/mol. The lowest BCUT2D eigenvalue weighted by Crippen LogP contribution is -2.51. The molecule has 0 radical (unpaired) electrons. The first-order valence-electron chi connectivity index (χ1n) is 6.00. The van der Waals surface area contributed by atoms with Crippen molar-refractivity contribution in [3.8, 4) is 5.75 Å². The Morgan fingerprint density at radius 3 is 2.89 bits per heavy atom. The molecule has 0 aliphatic carbocycles. The van der Waals surface area contributed by atoms with Crippen LogP contribution in [0.1, 0.15) is 12.8 Å². The molecule has 2 N–H and O–H groups in total. The van der Waals surface area contributed by atoms with E-state index in [0.29, 0.717) is 18.7 Å². The van der Waals surface area contributed by atoms with Gasteiger partial charge in [-0.1, -0.05) is 18.2 Å². The summed E-state index contributed by atoms with van der Waals surface area (Å²) >= 11 is 0. The van der Waals surface area contributed by atoms with Crippen LogP contribution >= 0.6 is 0 Å². The Hall–Kier alpha value is -2.04. The summed E-state index contributed by atoms with van der Waals surface area (Å²) in [7, 11) is 0. The van der Waals surface area contributed by atoms with Gasteiger partial charge in [0.2, 0.25) is 5.91 Å². The Morgan fingerprint density at radius 2 is 2.17 bits per heavy atom. The maximum Gasteiger partial charge on any atom is 0.258 e. The molecule has 2 amide bonds. The highest BCUT2D eigenvalue weighted by molar-refractivity contribution is 5.88. The Labute approximate surface area is 106 Å². The van der Waals surface area contributed by atoms with Gasteiger partial charge in [0.25, 0.3) is 5.91 Å². The second-order valence-electron chi connectivity index (χ2n) is 4.16. The third-order valence-corrected chi connectivity index (χ3v) is 2.73. The molecule has 0 unspecified atom stereocenters. The van der Waals surface area contributed by atoms with Gasteiger partial charge in [0.05, 0.1) is 0 Å². The second kappa shape index (κ2) is 6.05.